The molecule has 2 N–H and O–H groups in total. The van der Waals surface area contributed by atoms with Crippen LogP contribution in [-0.4, -0.2) is 26.9 Å². The minimum absolute atomic E-state index is 0. The number of nitrogens with zero attached hydrogens (tertiary/aromatic N) is 2. The molecule has 3 heterocycles. The highest BCUT2D eigenvalue weighted by Crippen LogP contribution is 2.31. The third-order valence-corrected chi connectivity index (χ3v) is 5.89. The molecule has 1 fully saturated rings. The van der Waals surface area contributed by atoms with Gasteiger partial charge in [0.1, 0.15) is 0 Å². The Balaban J connectivity index is 0.00000169. The van der Waals surface area contributed by atoms with Crippen molar-refractivity contribution in [2.24, 2.45) is 0 Å². The SMILES string of the molecule is Cl.O=c1[nH]c2c(cc1-c1noc(CSC3CCCC3)n1)CNCC2. The number of rotatable bonds is 4. The maximum absolute atomic E-state index is 12.3. The van der Waals surface area contributed by atoms with E-state index in [4.69, 9.17) is 4.52 Å². The van der Waals surface area contributed by atoms with Crippen molar-refractivity contribution in [1.82, 2.24) is 20.4 Å². The van der Waals surface area contributed by atoms with Crippen molar-refractivity contribution in [1.29, 1.82) is 0 Å². The first-order valence-electron chi connectivity index (χ1n) is 8.20. The van der Waals surface area contributed by atoms with Crippen LogP contribution in [-0.2, 0) is 18.7 Å². The second-order valence-electron chi connectivity index (χ2n) is 6.17. The molecule has 0 bridgehead atoms. The quantitative estimate of drug-likeness (QED) is 0.863. The minimum atomic E-state index is -0.138. The zero-order valence-electron chi connectivity index (χ0n) is 13.3. The van der Waals surface area contributed by atoms with Gasteiger partial charge in [0.2, 0.25) is 11.7 Å². The Labute approximate surface area is 150 Å². The van der Waals surface area contributed by atoms with E-state index in [9.17, 15) is 4.79 Å². The van der Waals surface area contributed by atoms with Gasteiger partial charge in [0.15, 0.2) is 0 Å². The lowest BCUT2D eigenvalue weighted by molar-refractivity contribution is 0.391. The Hall–Kier alpha value is -1.31. The fraction of sp³-hybridized carbons (Fsp3) is 0.562. The summed E-state index contributed by atoms with van der Waals surface area (Å²) in [5.74, 6) is 1.72. The summed E-state index contributed by atoms with van der Waals surface area (Å²) in [6, 6.07) is 1.89. The molecule has 1 saturated carbocycles. The lowest BCUT2D eigenvalue weighted by atomic mass is 10.0. The van der Waals surface area contributed by atoms with Crippen molar-refractivity contribution in [2.45, 2.75) is 49.7 Å². The molecule has 130 valence electrons. The number of hydrogen-bond acceptors (Lipinski definition) is 6. The van der Waals surface area contributed by atoms with Gasteiger partial charge in [-0.15, -0.1) is 24.2 Å². The van der Waals surface area contributed by atoms with Gasteiger partial charge in [0, 0.05) is 30.5 Å². The van der Waals surface area contributed by atoms with Gasteiger partial charge in [-0.1, -0.05) is 18.0 Å². The predicted molar refractivity (Wildman–Crippen MR) is 96.6 cm³/mol. The maximum Gasteiger partial charge on any atom is 0.259 e. The molecule has 0 unspecified atom stereocenters. The Kier molecular flexibility index (Phi) is 5.63. The summed E-state index contributed by atoms with van der Waals surface area (Å²) in [6.07, 6.45) is 6.06. The van der Waals surface area contributed by atoms with Crippen LogP contribution in [0.25, 0.3) is 11.4 Å². The molecule has 4 rings (SSSR count). The van der Waals surface area contributed by atoms with Crippen LogP contribution in [0, 0.1) is 0 Å². The lowest BCUT2D eigenvalue weighted by Crippen LogP contribution is -2.27. The number of nitrogens with one attached hydrogen (secondary N) is 2. The Morgan fingerprint density at radius 3 is 3.00 bits per heavy atom. The van der Waals surface area contributed by atoms with E-state index in [0.717, 1.165) is 36.5 Å². The van der Waals surface area contributed by atoms with E-state index in [1.807, 2.05) is 17.8 Å². The number of halogens is 1. The largest absolute Gasteiger partial charge is 0.338 e. The van der Waals surface area contributed by atoms with Gasteiger partial charge >= 0.3 is 0 Å². The highest BCUT2D eigenvalue weighted by Gasteiger charge is 2.19. The molecular weight excluding hydrogens is 348 g/mol. The zero-order valence-corrected chi connectivity index (χ0v) is 15.0. The molecule has 24 heavy (non-hydrogen) atoms. The molecule has 2 aliphatic rings. The molecule has 0 amide bonds. The van der Waals surface area contributed by atoms with Crippen LogP contribution in [0.1, 0.15) is 42.8 Å². The molecule has 0 atom stereocenters. The molecular formula is C16H21ClN4O2S. The van der Waals surface area contributed by atoms with Gasteiger partial charge in [-0.2, -0.15) is 4.98 Å². The lowest BCUT2D eigenvalue weighted by Gasteiger charge is -2.16. The molecule has 6 nitrogen and oxygen atoms in total. The van der Waals surface area contributed by atoms with Gasteiger partial charge < -0.3 is 14.8 Å². The summed E-state index contributed by atoms with van der Waals surface area (Å²) < 4.78 is 5.33. The van der Waals surface area contributed by atoms with Gasteiger partial charge in [-0.25, -0.2) is 0 Å². The number of aromatic nitrogens is 3. The summed E-state index contributed by atoms with van der Waals surface area (Å²) in [6.45, 7) is 1.66. The summed E-state index contributed by atoms with van der Waals surface area (Å²) >= 11 is 1.88. The standard InChI is InChI=1S/C16H20N4O2S.ClH/c21-16-12(7-10-8-17-6-5-13(10)18-16)15-19-14(22-20-15)9-23-11-3-1-2-4-11;/h7,11,17H,1-6,8-9H2,(H,18,21);1H. The van der Waals surface area contributed by atoms with Crippen LogP contribution < -0.4 is 10.9 Å². The average molecular weight is 369 g/mol. The van der Waals surface area contributed by atoms with E-state index in [-0.39, 0.29) is 18.0 Å². The van der Waals surface area contributed by atoms with Crippen molar-refractivity contribution in [2.75, 3.05) is 6.54 Å². The monoisotopic (exact) mass is 368 g/mol. The fourth-order valence-electron chi connectivity index (χ4n) is 3.26. The smallest absolute Gasteiger partial charge is 0.259 e. The molecule has 1 aliphatic heterocycles. The average Bonchev–Trinajstić information content (AvgIpc) is 3.24. The minimum Gasteiger partial charge on any atom is -0.338 e. The molecule has 0 aromatic carbocycles. The molecule has 0 radical (unpaired) electrons. The van der Waals surface area contributed by atoms with Gasteiger partial charge in [-0.05, 0) is 24.5 Å². The summed E-state index contributed by atoms with van der Waals surface area (Å²) in [4.78, 5) is 19.6. The summed E-state index contributed by atoms with van der Waals surface area (Å²) in [5, 5.41) is 8.02. The maximum atomic E-state index is 12.3. The zero-order chi connectivity index (χ0) is 15.6. The second kappa shape index (κ2) is 7.72. The van der Waals surface area contributed by atoms with Crippen molar-refractivity contribution < 1.29 is 4.52 Å². The predicted octanol–water partition coefficient (Wildman–Crippen LogP) is 2.67. The van der Waals surface area contributed by atoms with E-state index >= 15 is 0 Å². The Morgan fingerprint density at radius 2 is 2.17 bits per heavy atom. The Morgan fingerprint density at radius 1 is 1.33 bits per heavy atom. The number of fused-ring (bicyclic) bond motifs is 1. The summed E-state index contributed by atoms with van der Waals surface area (Å²) in [7, 11) is 0. The topological polar surface area (TPSA) is 83.8 Å². The van der Waals surface area contributed by atoms with Crippen molar-refractivity contribution >= 4 is 24.2 Å². The first kappa shape index (κ1) is 17.5. The van der Waals surface area contributed by atoms with Crippen LogP contribution in [0.3, 0.4) is 0 Å². The van der Waals surface area contributed by atoms with Crippen LogP contribution in [0.15, 0.2) is 15.4 Å². The van der Waals surface area contributed by atoms with E-state index in [2.05, 4.69) is 20.4 Å². The van der Waals surface area contributed by atoms with Gasteiger partial charge in [0.05, 0.1) is 11.3 Å². The number of H-pyrrole nitrogens is 1. The number of aromatic amines is 1. The molecule has 2 aromatic rings. The number of hydrogen-bond donors (Lipinski definition) is 2. The summed E-state index contributed by atoms with van der Waals surface area (Å²) in [5.41, 5.74) is 2.48. The first-order valence-corrected chi connectivity index (χ1v) is 9.25. The van der Waals surface area contributed by atoms with Crippen molar-refractivity contribution in [3.63, 3.8) is 0 Å². The van der Waals surface area contributed by atoms with Gasteiger partial charge in [0.25, 0.3) is 5.56 Å². The molecule has 0 saturated heterocycles. The highest BCUT2D eigenvalue weighted by atomic mass is 35.5. The first-order chi connectivity index (χ1) is 11.3. The highest BCUT2D eigenvalue weighted by molar-refractivity contribution is 7.99. The van der Waals surface area contributed by atoms with Crippen molar-refractivity contribution in [3.05, 3.63) is 33.6 Å². The molecule has 8 heteroatoms. The normalized spacial score (nSPS) is 17.5. The number of thioether (sulfide) groups is 1. The van der Waals surface area contributed by atoms with Crippen molar-refractivity contribution in [3.8, 4) is 11.4 Å². The van der Waals surface area contributed by atoms with E-state index in [0.29, 0.717) is 22.5 Å². The molecule has 0 spiro atoms. The molecule has 1 aliphatic carbocycles. The van der Waals surface area contributed by atoms with Gasteiger partial charge in [-0.3, -0.25) is 4.79 Å². The van der Waals surface area contributed by atoms with E-state index in [1.54, 1.807) is 0 Å². The third-order valence-electron chi connectivity index (χ3n) is 4.54. The van der Waals surface area contributed by atoms with E-state index < -0.39 is 0 Å². The van der Waals surface area contributed by atoms with Crippen LogP contribution in [0.5, 0.6) is 0 Å². The van der Waals surface area contributed by atoms with E-state index in [1.165, 1.54) is 25.7 Å². The molecule has 2 aromatic heterocycles. The van der Waals surface area contributed by atoms with Crippen LogP contribution in [0.2, 0.25) is 0 Å². The van der Waals surface area contributed by atoms with Crippen LogP contribution >= 0.6 is 24.2 Å². The number of pyridine rings is 1. The third kappa shape index (κ3) is 3.68. The fourth-order valence-corrected chi connectivity index (χ4v) is 4.42. The second-order valence-corrected chi connectivity index (χ2v) is 7.46. The van der Waals surface area contributed by atoms with Crippen LogP contribution in [0.4, 0.5) is 0 Å². The Bertz CT molecular complexity index is 755.